The maximum absolute atomic E-state index is 4.99. The molecule has 0 spiro atoms. The molecule has 0 unspecified atom stereocenters. The number of hydrogen-bond acceptors (Lipinski definition) is 3. The monoisotopic (exact) mass is 245 g/mol. The fourth-order valence-electron chi connectivity index (χ4n) is 1.84. The molecule has 0 fully saturated rings. The molecule has 18 heavy (non-hydrogen) atoms. The van der Waals surface area contributed by atoms with Crippen molar-refractivity contribution >= 4 is 0 Å². The highest BCUT2D eigenvalue weighted by Crippen LogP contribution is 2.16. The van der Waals surface area contributed by atoms with Crippen LogP contribution in [0, 0.1) is 0 Å². The lowest BCUT2D eigenvalue weighted by molar-refractivity contribution is 0.199. The van der Waals surface area contributed by atoms with E-state index in [1.165, 1.54) is 0 Å². The van der Waals surface area contributed by atoms with Gasteiger partial charge in [-0.3, -0.25) is 0 Å². The molecule has 1 heterocycles. The number of benzene rings is 1. The van der Waals surface area contributed by atoms with Crippen molar-refractivity contribution in [2.45, 2.75) is 6.54 Å². The Morgan fingerprint density at radius 3 is 2.83 bits per heavy atom. The van der Waals surface area contributed by atoms with Crippen LogP contribution in [-0.2, 0) is 11.3 Å². The molecule has 0 aliphatic carbocycles. The zero-order valence-electron chi connectivity index (χ0n) is 10.7. The largest absolute Gasteiger partial charge is 0.383 e. The first-order chi connectivity index (χ1) is 8.92. The van der Waals surface area contributed by atoms with Gasteiger partial charge in [-0.15, -0.1) is 0 Å². The van der Waals surface area contributed by atoms with Gasteiger partial charge in [0.2, 0.25) is 0 Å². The van der Waals surface area contributed by atoms with E-state index >= 15 is 0 Å². The van der Waals surface area contributed by atoms with E-state index in [1.807, 2.05) is 30.6 Å². The maximum atomic E-state index is 4.99. The van der Waals surface area contributed by atoms with Crippen molar-refractivity contribution < 1.29 is 4.74 Å². The predicted molar refractivity (Wildman–Crippen MR) is 72.4 cm³/mol. The topological polar surface area (TPSA) is 39.1 Å². The summed E-state index contributed by atoms with van der Waals surface area (Å²) in [5, 5.41) is 3.33. The summed E-state index contributed by atoms with van der Waals surface area (Å²) < 4.78 is 7.15. The molecular weight excluding hydrogens is 226 g/mol. The van der Waals surface area contributed by atoms with Gasteiger partial charge in [0.1, 0.15) is 5.82 Å². The van der Waals surface area contributed by atoms with Gasteiger partial charge < -0.3 is 14.6 Å². The number of nitrogens with zero attached hydrogens (tertiary/aromatic N) is 2. The predicted octanol–water partition coefficient (Wildman–Crippen LogP) is 1.79. The van der Waals surface area contributed by atoms with Crippen molar-refractivity contribution in [1.29, 1.82) is 0 Å². The fourth-order valence-corrected chi connectivity index (χ4v) is 1.84. The highest BCUT2D eigenvalue weighted by molar-refractivity contribution is 5.55. The number of imidazole rings is 1. The van der Waals surface area contributed by atoms with Crippen molar-refractivity contribution in [2.75, 3.05) is 26.8 Å². The molecule has 0 saturated heterocycles. The van der Waals surface area contributed by atoms with Gasteiger partial charge in [-0.1, -0.05) is 30.3 Å². The average molecular weight is 245 g/mol. The molecule has 0 radical (unpaired) electrons. The van der Waals surface area contributed by atoms with E-state index in [9.17, 15) is 0 Å². The lowest BCUT2D eigenvalue weighted by Crippen LogP contribution is -2.23. The summed E-state index contributed by atoms with van der Waals surface area (Å²) in [6.07, 6.45) is 3.86. The van der Waals surface area contributed by atoms with Gasteiger partial charge in [0.05, 0.1) is 6.61 Å². The Bertz CT molecular complexity index is 453. The first kappa shape index (κ1) is 12.8. The molecule has 2 rings (SSSR count). The number of ether oxygens (including phenoxy) is 1. The lowest BCUT2D eigenvalue weighted by Gasteiger charge is -2.08. The molecule has 0 atom stereocenters. The molecule has 1 aromatic carbocycles. The number of hydrogen-bond donors (Lipinski definition) is 1. The molecule has 96 valence electrons. The van der Waals surface area contributed by atoms with Gasteiger partial charge in [0, 0.05) is 44.7 Å². The van der Waals surface area contributed by atoms with Crippen LogP contribution in [0.4, 0.5) is 0 Å². The Hall–Kier alpha value is -1.65. The van der Waals surface area contributed by atoms with E-state index in [1.54, 1.807) is 7.11 Å². The second-order valence-corrected chi connectivity index (χ2v) is 4.05. The molecule has 0 saturated carbocycles. The third-order valence-corrected chi connectivity index (χ3v) is 2.76. The van der Waals surface area contributed by atoms with Gasteiger partial charge in [0.15, 0.2) is 0 Å². The van der Waals surface area contributed by atoms with Crippen molar-refractivity contribution in [3.63, 3.8) is 0 Å². The van der Waals surface area contributed by atoms with Crippen molar-refractivity contribution in [2.24, 2.45) is 0 Å². The van der Waals surface area contributed by atoms with E-state index in [-0.39, 0.29) is 0 Å². The van der Waals surface area contributed by atoms with Crippen LogP contribution in [0.3, 0.4) is 0 Å². The van der Waals surface area contributed by atoms with Gasteiger partial charge in [-0.25, -0.2) is 4.98 Å². The Morgan fingerprint density at radius 1 is 1.22 bits per heavy atom. The van der Waals surface area contributed by atoms with Gasteiger partial charge in [-0.05, 0) is 0 Å². The minimum Gasteiger partial charge on any atom is -0.383 e. The van der Waals surface area contributed by atoms with Crippen LogP contribution in [0.15, 0.2) is 42.7 Å². The first-order valence-corrected chi connectivity index (χ1v) is 6.18. The highest BCUT2D eigenvalue weighted by Gasteiger charge is 2.04. The van der Waals surface area contributed by atoms with Crippen LogP contribution in [0.5, 0.6) is 0 Å². The number of methoxy groups -OCH3 is 1. The fraction of sp³-hybridized carbons (Fsp3) is 0.357. The minimum absolute atomic E-state index is 0.746. The molecule has 0 aliphatic rings. The molecule has 2 aromatic rings. The molecule has 4 heteroatoms. The van der Waals surface area contributed by atoms with Gasteiger partial charge >= 0.3 is 0 Å². The SMILES string of the molecule is COCCNCCn1ccnc1-c1ccccc1. The van der Waals surface area contributed by atoms with Crippen molar-refractivity contribution in [3.05, 3.63) is 42.7 Å². The number of nitrogens with one attached hydrogen (secondary N) is 1. The Balaban J connectivity index is 1.92. The van der Waals surface area contributed by atoms with E-state index in [4.69, 9.17) is 4.74 Å². The zero-order valence-corrected chi connectivity index (χ0v) is 10.7. The second kappa shape index (κ2) is 6.93. The normalized spacial score (nSPS) is 10.7. The Labute approximate surface area is 108 Å². The maximum Gasteiger partial charge on any atom is 0.139 e. The third-order valence-electron chi connectivity index (χ3n) is 2.76. The smallest absolute Gasteiger partial charge is 0.139 e. The van der Waals surface area contributed by atoms with Crippen LogP contribution >= 0.6 is 0 Å². The van der Waals surface area contributed by atoms with Gasteiger partial charge in [-0.2, -0.15) is 0 Å². The quantitative estimate of drug-likeness (QED) is 0.756. The molecule has 1 N–H and O–H groups in total. The summed E-state index contributed by atoms with van der Waals surface area (Å²) in [5.74, 6) is 1.02. The highest BCUT2D eigenvalue weighted by atomic mass is 16.5. The van der Waals surface area contributed by atoms with E-state index in [2.05, 4.69) is 27.0 Å². The first-order valence-electron chi connectivity index (χ1n) is 6.18. The summed E-state index contributed by atoms with van der Waals surface area (Å²) in [7, 11) is 1.71. The molecular formula is C14H19N3O. The third kappa shape index (κ3) is 3.42. The van der Waals surface area contributed by atoms with Crippen molar-refractivity contribution in [1.82, 2.24) is 14.9 Å². The van der Waals surface area contributed by atoms with E-state index < -0.39 is 0 Å². The standard InChI is InChI=1S/C14H19N3O/c1-18-12-9-15-7-10-17-11-8-16-14(17)13-5-3-2-4-6-13/h2-6,8,11,15H,7,9-10,12H2,1H3. The minimum atomic E-state index is 0.746. The molecule has 0 bridgehead atoms. The lowest BCUT2D eigenvalue weighted by atomic mass is 10.2. The summed E-state index contributed by atoms with van der Waals surface area (Å²) in [5.41, 5.74) is 1.15. The summed E-state index contributed by atoms with van der Waals surface area (Å²) in [4.78, 5) is 4.41. The number of aromatic nitrogens is 2. The van der Waals surface area contributed by atoms with Crippen LogP contribution in [0.2, 0.25) is 0 Å². The van der Waals surface area contributed by atoms with Crippen LogP contribution in [-0.4, -0.2) is 36.4 Å². The molecule has 0 aliphatic heterocycles. The van der Waals surface area contributed by atoms with Crippen LogP contribution in [0.1, 0.15) is 0 Å². The average Bonchev–Trinajstić information content (AvgIpc) is 2.88. The molecule has 1 aromatic heterocycles. The zero-order chi connectivity index (χ0) is 12.6. The summed E-state index contributed by atoms with van der Waals surface area (Å²) in [6.45, 7) is 3.45. The summed E-state index contributed by atoms with van der Waals surface area (Å²) >= 11 is 0. The molecule has 4 nitrogen and oxygen atoms in total. The summed E-state index contributed by atoms with van der Waals surface area (Å²) in [6, 6.07) is 10.2. The van der Waals surface area contributed by atoms with Crippen molar-refractivity contribution in [3.8, 4) is 11.4 Å². The Morgan fingerprint density at radius 2 is 2.06 bits per heavy atom. The molecule has 0 amide bonds. The van der Waals surface area contributed by atoms with Gasteiger partial charge in [0.25, 0.3) is 0 Å². The second-order valence-electron chi connectivity index (χ2n) is 4.05. The van der Waals surface area contributed by atoms with E-state index in [0.29, 0.717) is 0 Å². The Kier molecular flexibility index (Phi) is 4.93. The van der Waals surface area contributed by atoms with Crippen LogP contribution in [0.25, 0.3) is 11.4 Å². The van der Waals surface area contributed by atoms with E-state index in [0.717, 1.165) is 37.6 Å². The van der Waals surface area contributed by atoms with Crippen LogP contribution < -0.4 is 5.32 Å². The number of rotatable bonds is 7.